The second-order valence-electron chi connectivity index (χ2n) is 4.63. The number of amides is 1. The smallest absolute Gasteiger partial charge is 0.261 e. The largest absolute Gasteiger partial charge is 0.393 e. The highest BCUT2D eigenvalue weighted by molar-refractivity contribution is 7.20. The van der Waals surface area contributed by atoms with Crippen molar-refractivity contribution in [2.24, 2.45) is 0 Å². The molecule has 1 heterocycles. The highest BCUT2D eigenvalue weighted by Gasteiger charge is 2.20. The topological polar surface area (TPSA) is 69.6 Å². The van der Waals surface area contributed by atoms with Crippen molar-refractivity contribution in [3.05, 3.63) is 35.0 Å². The number of hydrogen-bond acceptors (Lipinski definition) is 4. The van der Waals surface area contributed by atoms with Gasteiger partial charge in [0.05, 0.1) is 11.5 Å². The zero-order valence-electron chi connectivity index (χ0n) is 10.3. The van der Waals surface area contributed by atoms with Crippen molar-refractivity contribution < 1.29 is 19.4 Å². The number of fused-ring (bicyclic) bond motifs is 1. The fourth-order valence-corrected chi connectivity index (χ4v) is 2.50. The zero-order chi connectivity index (χ0) is 14.0. The summed E-state index contributed by atoms with van der Waals surface area (Å²) in [4.78, 5) is 12.3. The Hall–Kier alpha value is -1.50. The van der Waals surface area contributed by atoms with Crippen LogP contribution in [0.5, 0.6) is 0 Å². The number of aliphatic hydroxyl groups excluding tert-OH is 1. The lowest BCUT2D eigenvalue weighted by molar-refractivity contribution is 0.00323. The molecule has 1 atom stereocenters. The van der Waals surface area contributed by atoms with E-state index in [9.17, 15) is 14.3 Å². The summed E-state index contributed by atoms with van der Waals surface area (Å²) in [7, 11) is 0. The van der Waals surface area contributed by atoms with Crippen molar-refractivity contribution in [3.63, 3.8) is 0 Å². The second kappa shape index (κ2) is 5.24. The van der Waals surface area contributed by atoms with Gasteiger partial charge >= 0.3 is 0 Å². The molecular formula is C13H14FNO3S. The van der Waals surface area contributed by atoms with Crippen LogP contribution in [0.2, 0.25) is 0 Å². The number of aliphatic hydroxyl groups is 2. The van der Waals surface area contributed by atoms with E-state index in [4.69, 9.17) is 5.11 Å². The van der Waals surface area contributed by atoms with Crippen LogP contribution >= 0.6 is 11.3 Å². The molecule has 1 aromatic carbocycles. The third kappa shape index (κ3) is 3.28. The molecule has 0 spiro atoms. The van der Waals surface area contributed by atoms with Gasteiger partial charge < -0.3 is 15.5 Å². The van der Waals surface area contributed by atoms with Crippen molar-refractivity contribution >= 4 is 27.3 Å². The SMILES string of the molecule is CC(O)(CO)CNC(=O)c1cc2cc(F)ccc2s1. The molecule has 4 nitrogen and oxygen atoms in total. The van der Waals surface area contributed by atoms with Crippen LogP contribution in [-0.2, 0) is 0 Å². The van der Waals surface area contributed by atoms with Crippen molar-refractivity contribution in [3.8, 4) is 0 Å². The van der Waals surface area contributed by atoms with Gasteiger partial charge in [0, 0.05) is 11.2 Å². The van der Waals surface area contributed by atoms with Crippen molar-refractivity contribution in [1.82, 2.24) is 5.32 Å². The Morgan fingerprint density at radius 2 is 2.21 bits per heavy atom. The van der Waals surface area contributed by atoms with Crippen molar-refractivity contribution in [2.75, 3.05) is 13.2 Å². The van der Waals surface area contributed by atoms with E-state index in [2.05, 4.69) is 5.32 Å². The Labute approximate surface area is 113 Å². The molecule has 3 N–H and O–H groups in total. The maximum atomic E-state index is 13.0. The first-order valence-corrected chi connectivity index (χ1v) is 6.53. The summed E-state index contributed by atoms with van der Waals surface area (Å²) >= 11 is 1.25. The number of hydrogen-bond donors (Lipinski definition) is 3. The minimum Gasteiger partial charge on any atom is -0.393 e. The molecule has 6 heteroatoms. The van der Waals surface area contributed by atoms with E-state index >= 15 is 0 Å². The Morgan fingerprint density at radius 3 is 2.89 bits per heavy atom. The molecule has 0 bridgehead atoms. The number of thiophene rings is 1. The van der Waals surface area contributed by atoms with Crippen LogP contribution in [0.4, 0.5) is 4.39 Å². The lowest BCUT2D eigenvalue weighted by atomic mass is 10.1. The van der Waals surface area contributed by atoms with E-state index in [-0.39, 0.29) is 18.3 Å². The van der Waals surface area contributed by atoms with E-state index < -0.39 is 12.2 Å². The third-order valence-electron chi connectivity index (χ3n) is 2.67. The molecule has 0 saturated carbocycles. The van der Waals surface area contributed by atoms with E-state index in [1.165, 1.54) is 30.4 Å². The van der Waals surface area contributed by atoms with Crippen LogP contribution in [0.25, 0.3) is 10.1 Å². The van der Waals surface area contributed by atoms with Gasteiger partial charge in [-0.15, -0.1) is 11.3 Å². The first kappa shape index (κ1) is 13.9. The standard InChI is InChI=1S/C13H14FNO3S/c1-13(18,7-16)6-15-12(17)11-5-8-4-9(14)2-3-10(8)19-11/h2-5,16,18H,6-7H2,1H3,(H,15,17). The van der Waals surface area contributed by atoms with Crippen molar-refractivity contribution in [1.29, 1.82) is 0 Å². The molecule has 0 saturated heterocycles. The lowest BCUT2D eigenvalue weighted by Gasteiger charge is -2.20. The summed E-state index contributed by atoms with van der Waals surface area (Å²) in [6.07, 6.45) is 0. The van der Waals surface area contributed by atoms with Gasteiger partial charge in [-0.25, -0.2) is 4.39 Å². The predicted molar refractivity (Wildman–Crippen MR) is 71.8 cm³/mol. The molecule has 0 radical (unpaired) electrons. The number of carbonyl (C=O) groups excluding carboxylic acids is 1. The summed E-state index contributed by atoms with van der Waals surface area (Å²) in [5, 5.41) is 21.7. The fraction of sp³-hybridized carbons (Fsp3) is 0.308. The minimum absolute atomic E-state index is 0.0507. The zero-order valence-corrected chi connectivity index (χ0v) is 11.1. The summed E-state index contributed by atoms with van der Waals surface area (Å²) in [6.45, 7) is 0.934. The Bertz CT molecular complexity index is 609. The molecule has 1 amide bonds. The minimum atomic E-state index is -1.35. The summed E-state index contributed by atoms with van der Waals surface area (Å²) < 4.78 is 13.9. The van der Waals surface area contributed by atoms with Crippen LogP contribution in [-0.4, -0.2) is 34.9 Å². The van der Waals surface area contributed by atoms with Crippen LogP contribution in [0.3, 0.4) is 0 Å². The quantitative estimate of drug-likeness (QED) is 0.796. The molecule has 0 aliphatic carbocycles. The second-order valence-corrected chi connectivity index (χ2v) is 5.71. The van der Waals surface area contributed by atoms with Gasteiger partial charge in [-0.1, -0.05) is 0 Å². The van der Waals surface area contributed by atoms with E-state index in [0.29, 0.717) is 10.3 Å². The average Bonchev–Trinajstić information content (AvgIpc) is 2.79. The molecule has 1 unspecified atom stereocenters. The summed E-state index contributed by atoms with van der Waals surface area (Å²) in [5.41, 5.74) is -1.35. The summed E-state index contributed by atoms with van der Waals surface area (Å²) in [5.74, 6) is -0.698. The van der Waals surface area contributed by atoms with Crippen LogP contribution in [0, 0.1) is 5.82 Å². The molecule has 0 fully saturated rings. The number of carbonyl (C=O) groups is 1. The maximum Gasteiger partial charge on any atom is 0.261 e. The monoisotopic (exact) mass is 283 g/mol. The molecule has 19 heavy (non-hydrogen) atoms. The van der Waals surface area contributed by atoms with Gasteiger partial charge in [-0.3, -0.25) is 4.79 Å². The summed E-state index contributed by atoms with van der Waals surface area (Å²) in [6, 6.07) is 5.94. The van der Waals surface area contributed by atoms with Gasteiger partial charge in [-0.05, 0) is 36.6 Å². The number of benzene rings is 1. The van der Waals surface area contributed by atoms with Crippen molar-refractivity contribution in [2.45, 2.75) is 12.5 Å². The highest BCUT2D eigenvalue weighted by Crippen LogP contribution is 2.26. The molecular weight excluding hydrogens is 269 g/mol. The number of rotatable bonds is 4. The first-order valence-electron chi connectivity index (χ1n) is 5.72. The maximum absolute atomic E-state index is 13.0. The van der Waals surface area contributed by atoms with E-state index in [1.807, 2.05) is 0 Å². The molecule has 0 aliphatic rings. The highest BCUT2D eigenvalue weighted by atomic mass is 32.1. The Kier molecular flexibility index (Phi) is 3.84. The predicted octanol–water partition coefficient (Wildman–Crippen LogP) is 1.51. The van der Waals surface area contributed by atoms with Gasteiger partial charge in [0.1, 0.15) is 11.4 Å². The lowest BCUT2D eigenvalue weighted by Crippen LogP contribution is -2.43. The molecule has 102 valence electrons. The van der Waals surface area contributed by atoms with Gasteiger partial charge in [-0.2, -0.15) is 0 Å². The number of halogens is 1. The third-order valence-corrected chi connectivity index (χ3v) is 3.79. The molecule has 1 aromatic heterocycles. The molecule has 2 rings (SSSR count). The normalized spacial score (nSPS) is 14.3. The van der Waals surface area contributed by atoms with Crippen LogP contribution in [0.1, 0.15) is 16.6 Å². The Balaban J connectivity index is 2.13. The number of nitrogens with one attached hydrogen (secondary N) is 1. The van der Waals surface area contributed by atoms with Crippen LogP contribution < -0.4 is 5.32 Å². The first-order chi connectivity index (χ1) is 8.91. The van der Waals surface area contributed by atoms with E-state index in [1.54, 1.807) is 12.1 Å². The molecule has 0 aliphatic heterocycles. The fourth-order valence-electron chi connectivity index (χ4n) is 1.54. The van der Waals surface area contributed by atoms with Gasteiger partial charge in [0.25, 0.3) is 5.91 Å². The van der Waals surface area contributed by atoms with Gasteiger partial charge in [0.15, 0.2) is 0 Å². The van der Waals surface area contributed by atoms with E-state index in [0.717, 1.165) is 4.70 Å². The molecule has 2 aromatic rings. The van der Waals surface area contributed by atoms with Gasteiger partial charge in [0.2, 0.25) is 0 Å². The average molecular weight is 283 g/mol. The van der Waals surface area contributed by atoms with Crippen LogP contribution in [0.15, 0.2) is 24.3 Å². The Morgan fingerprint density at radius 1 is 1.47 bits per heavy atom.